The number of hydrogen-bond acceptors (Lipinski definition) is 3. The molecule has 0 bridgehead atoms. The molecule has 1 rings (SSSR count). The number of nitrogens with two attached hydrogens (primary N) is 1. The Hall–Kier alpha value is -0.910. The van der Waals surface area contributed by atoms with Gasteiger partial charge in [-0.2, -0.15) is 0 Å². The van der Waals surface area contributed by atoms with Gasteiger partial charge in [-0.15, -0.1) is 0 Å². The summed E-state index contributed by atoms with van der Waals surface area (Å²) in [5.74, 6) is 0.130. The van der Waals surface area contributed by atoms with Gasteiger partial charge in [-0.05, 0) is 29.5 Å². The van der Waals surface area contributed by atoms with Crippen molar-refractivity contribution in [2.45, 2.75) is 33.7 Å². The van der Waals surface area contributed by atoms with E-state index in [1.54, 1.807) is 0 Å². The van der Waals surface area contributed by atoms with Crippen LogP contribution in [0, 0.1) is 5.41 Å². The van der Waals surface area contributed by atoms with Gasteiger partial charge < -0.3 is 5.73 Å². The minimum Gasteiger partial charge on any atom is -0.330 e. The minimum atomic E-state index is -3.23. The SMILES string of the molecule is CC(C)(C)CS(=O)(=O)NCc1ccc(CCN)cc1. The third-order valence-electron chi connectivity index (χ3n) is 2.58. The normalized spacial score (nSPS) is 12.6. The van der Waals surface area contributed by atoms with Crippen LogP contribution in [-0.4, -0.2) is 20.7 Å². The summed E-state index contributed by atoms with van der Waals surface area (Å²) >= 11 is 0. The predicted molar refractivity (Wildman–Crippen MR) is 79.3 cm³/mol. The Labute approximate surface area is 116 Å². The third kappa shape index (κ3) is 6.71. The molecule has 3 N–H and O–H groups in total. The first-order valence-electron chi connectivity index (χ1n) is 6.47. The molecule has 0 spiro atoms. The number of benzene rings is 1. The summed E-state index contributed by atoms with van der Waals surface area (Å²) < 4.78 is 26.4. The van der Waals surface area contributed by atoms with Crippen LogP contribution in [0.5, 0.6) is 0 Å². The van der Waals surface area contributed by atoms with E-state index in [0.29, 0.717) is 13.1 Å². The van der Waals surface area contributed by atoms with Gasteiger partial charge in [-0.3, -0.25) is 0 Å². The molecule has 4 nitrogen and oxygen atoms in total. The molecule has 0 aromatic heterocycles. The van der Waals surface area contributed by atoms with Crippen molar-refractivity contribution in [3.8, 4) is 0 Å². The zero-order chi connectivity index (χ0) is 14.5. The highest BCUT2D eigenvalue weighted by atomic mass is 32.2. The maximum atomic E-state index is 11.9. The van der Waals surface area contributed by atoms with E-state index in [-0.39, 0.29) is 11.2 Å². The molecular formula is C14H24N2O2S. The first kappa shape index (κ1) is 16.1. The van der Waals surface area contributed by atoms with Crippen molar-refractivity contribution in [3.63, 3.8) is 0 Å². The van der Waals surface area contributed by atoms with E-state index < -0.39 is 10.0 Å². The second-order valence-electron chi connectivity index (χ2n) is 6.00. The molecule has 0 aliphatic heterocycles. The van der Waals surface area contributed by atoms with E-state index in [1.165, 1.54) is 5.56 Å². The predicted octanol–water partition coefficient (Wildman–Crippen LogP) is 1.65. The fraction of sp³-hybridized carbons (Fsp3) is 0.571. The highest BCUT2D eigenvalue weighted by Crippen LogP contribution is 2.15. The number of sulfonamides is 1. The van der Waals surface area contributed by atoms with E-state index in [4.69, 9.17) is 5.73 Å². The van der Waals surface area contributed by atoms with Gasteiger partial charge in [0, 0.05) is 6.54 Å². The van der Waals surface area contributed by atoms with Crippen LogP contribution in [0.25, 0.3) is 0 Å². The van der Waals surface area contributed by atoms with Gasteiger partial charge in [-0.25, -0.2) is 13.1 Å². The largest absolute Gasteiger partial charge is 0.330 e. The van der Waals surface area contributed by atoms with Gasteiger partial charge in [0.05, 0.1) is 5.75 Å². The lowest BCUT2D eigenvalue weighted by molar-refractivity contribution is 0.458. The van der Waals surface area contributed by atoms with E-state index in [0.717, 1.165) is 12.0 Å². The average molecular weight is 284 g/mol. The van der Waals surface area contributed by atoms with Gasteiger partial charge in [0.1, 0.15) is 0 Å². The average Bonchev–Trinajstić information content (AvgIpc) is 2.25. The van der Waals surface area contributed by atoms with Gasteiger partial charge in [0.25, 0.3) is 0 Å². The Bertz CT molecular complexity index is 487. The van der Waals surface area contributed by atoms with Crippen molar-refractivity contribution < 1.29 is 8.42 Å². The Morgan fingerprint density at radius 3 is 2.11 bits per heavy atom. The summed E-state index contributed by atoms with van der Waals surface area (Å²) in [6.07, 6.45) is 0.843. The van der Waals surface area contributed by atoms with Crippen LogP contribution < -0.4 is 10.5 Å². The van der Waals surface area contributed by atoms with Gasteiger partial charge in [0.2, 0.25) is 10.0 Å². The number of nitrogens with one attached hydrogen (secondary N) is 1. The lowest BCUT2D eigenvalue weighted by Crippen LogP contribution is -2.31. The molecule has 0 radical (unpaired) electrons. The van der Waals surface area contributed by atoms with Gasteiger partial charge >= 0.3 is 0 Å². The molecule has 1 aromatic carbocycles. The highest BCUT2D eigenvalue weighted by molar-refractivity contribution is 7.89. The molecule has 0 fully saturated rings. The van der Waals surface area contributed by atoms with Crippen LogP contribution >= 0.6 is 0 Å². The molecule has 0 aliphatic rings. The first-order valence-corrected chi connectivity index (χ1v) is 8.12. The van der Waals surface area contributed by atoms with Crippen molar-refractivity contribution in [3.05, 3.63) is 35.4 Å². The van der Waals surface area contributed by atoms with Crippen LogP contribution in [0.3, 0.4) is 0 Å². The molecule has 108 valence electrons. The van der Waals surface area contributed by atoms with Gasteiger partial charge in [-0.1, -0.05) is 45.0 Å². The maximum Gasteiger partial charge on any atom is 0.212 e. The Balaban J connectivity index is 2.57. The maximum absolute atomic E-state index is 11.9. The van der Waals surface area contributed by atoms with Crippen molar-refractivity contribution >= 4 is 10.0 Å². The highest BCUT2D eigenvalue weighted by Gasteiger charge is 2.20. The summed E-state index contributed by atoms with van der Waals surface area (Å²) in [6.45, 7) is 6.69. The van der Waals surface area contributed by atoms with Crippen LogP contribution in [0.1, 0.15) is 31.9 Å². The van der Waals surface area contributed by atoms with Crippen molar-refractivity contribution in [2.75, 3.05) is 12.3 Å². The van der Waals surface area contributed by atoms with Crippen LogP contribution in [0.15, 0.2) is 24.3 Å². The molecule has 0 amide bonds. The smallest absolute Gasteiger partial charge is 0.212 e. The molecule has 5 heteroatoms. The fourth-order valence-corrected chi connectivity index (χ4v) is 3.43. The monoisotopic (exact) mass is 284 g/mol. The molecule has 0 unspecified atom stereocenters. The molecule has 0 saturated carbocycles. The van der Waals surface area contributed by atoms with Crippen molar-refractivity contribution in [1.29, 1.82) is 0 Å². The quantitative estimate of drug-likeness (QED) is 0.834. The summed E-state index contributed by atoms with van der Waals surface area (Å²) in [5, 5.41) is 0. The lowest BCUT2D eigenvalue weighted by atomic mass is 10.0. The third-order valence-corrected chi connectivity index (χ3v) is 4.41. The first-order chi connectivity index (χ1) is 8.72. The van der Waals surface area contributed by atoms with E-state index in [1.807, 2.05) is 45.0 Å². The zero-order valence-electron chi connectivity index (χ0n) is 11.9. The Morgan fingerprint density at radius 1 is 1.11 bits per heavy atom. The standard InChI is InChI=1S/C14H24N2O2S/c1-14(2,3)11-19(17,18)16-10-13-6-4-12(5-7-13)8-9-15/h4-7,16H,8-11,15H2,1-3H3. The molecule has 1 aromatic rings. The van der Waals surface area contributed by atoms with Crippen LogP contribution in [-0.2, 0) is 23.0 Å². The lowest BCUT2D eigenvalue weighted by Gasteiger charge is -2.18. The number of hydrogen-bond donors (Lipinski definition) is 2. The van der Waals surface area contributed by atoms with Crippen LogP contribution in [0.4, 0.5) is 0 Å². The fourth-order valence-electron chi connectivity index (χ4n) is 1.80. The topological polar surface area (TPSA) is 72.2 Å². The minimum absolute atomic E-state index is 0.130. The van der Waals surface area contributed by atoms with E-state index >= 15 is 0 Å². The summed E-state index contributed by atoms with van der Waals surface area (Å²) in [4.78, 5) is 0. The summed E-state index contributed by atoms with van der Waals surface area (Å²) in [7, 11) is -3.23. The van der Waals surface area contributed by atoms with Crippen LogP contribution in [0.2, 0.25) is 0 Å². The van der Waals surface area contributed by atoms with Crippen molar-refractivity contribution in [1.82, 2.24) is 4.72 Å². The Morgan fingerprint density at radius 2 is 1.63 bits per heavy atom. The number of rotatable bonds is 6. The van der Waals surface area contributed by atoms with E-state index in [9.17, 15) is 8.42 Å². The zero-order valence-corrected chi connectivity index (χ0v) is 12.8. The molecule has 19 heavy (non-hydrogen) atoms. The second-order valence-corrected chi connectivity index (χ2v) is 7.80. The molecular weight excluding hydrogens is 260 g/mol. The Kier molecular flexibility index (Phi) is 5.52. The van der Waals surface area contributed by atoms with E-state index in [2.05, 4.69) is 4.72 Å². The molecule has 0 saturated heterocycles. The van der Waals surface area contributed by atoms with Gasteiger partial charge in [0.15, 0.2) is 0 Å². The molecule has 0 heterocycles. The molecule has 0 aliphatic carbocycles. The van der Waals surface area contributed by atoms with Crippen molar-refractivity contribution in [2.24, 2.45) is 11.1 Å². The molecule has 0 atom stereocenters. The summed E-state index contributed by atoms with van der Waals surface area (Å²) in [6, 6.07) is 7.84. The summed E-state index contributed by atoms with van der Waals surface area (Å²) in [5.41, 5.74) is 7.37. The second kappa shape index (κ2) is 6.50.